The van der Waals surface area contributed by atoms with Crippen LogP contribution < -0.4 is 24.8 Å². The Morgan fingerprint density at radius 2 is 1.83 bits per heavy atom. The van der Waals surface area contributed by atoms with Gasteiger partial charge in [-0.05, 0) is 56.4 Å². The van der Waals surface area contributed by atoms with Crippen LogP contribution in [0.4, 0.5) is 11.6 Å². The lowest BCUT2D eigenvalue weighted by molar-refractivity contribution is -0.113. The normalized spacial score (nSPS) is 14.6. The molecule has 2 heterocycles. The largest absolute Gasteiger partial charge is 0.493 e. The Bertz CT molecular complexity index is 1270. The van der Waals surface area contributed by atoms with Gasteiger partial charge in [0, 0.05) is 5.70 Å². The molecule has 0 radical (unpaired) electrons. The molecule has 1 atom stereocenters. The second-order valence-corrected chi connectivity index (χ2v) is 9.12. The summed E-state index contributed by atoms with van der Waals surface area (Å²) in [4.78, 5) is 18.4. The van der Waals surface area contributed by atoms with Crippen molar-refractivity contribution < 1.29 is 19.0 Å². The third-order valence-electron chi connectivity index (χ3n) is 5.59. The zero-order chi connectivity index (χ0) is 25.7. The van der Waals surface area contributed by atoms with Crippen molar-refractivity contribution in [3.05, 3.63) is 59.3 Å². The van der Waals surface area contributed by atoms with Crippen LogP contribution in [0.25, 0.3) is 0 Å². The zero-order valence-corrected chi connectivity index (χ0v) is 21.9. The molecule has 2 aromatic carbocycles. The van der Waals surface area contributed by atoms with E-state index < -0.39 is 6.04 Å². The van der Waals surface area contributed by atoms with Crippen LogP contribution in [0.2, 0.25) is 0 Å². The van der Waals surface area contributed by atoms with Crippen molar-refractivity contribution in [2.45, 2.75) is 38.9 Å². The van der Waals surface area contributed by atoms with Crippen LogP contribution >= 0.6 is 11.8 Å². The maximum Gasteiger partial charge on any atom is 0.255 e. The number of fused-ring (bicyclic) bond motifs is 1. The van der Waals surface area contributed by atoms with Gasteiger partial charge in [0.15, 0.2) is 11.5 Å². The van der Waals surface area contributed by atoms with Crippen LogP contribution in [0.15, 0.2) is 58.9 Å². The maximum atomic E-state index is 13.8. The molecule has 190 valence electrons. The van der Waals surface area contributed by atoms with Gasteiger partial charge in [-0.25, -0.2) is 4.68 Å². The van der Waals surface area contributed by atoms with E-state index in [1.165, 1.54) is 0 Å². The highest BCUT2D eigenvalue weighted by Crippen LogP contribution is 2.40. The summed E-state index contributed by atoms with van der Waals surface area (Å²) in [5.74, 6) is 2.97. The van der Waals surface area contributed by atoms with Crippen LogP contribution in [0.5, 0.6) is 17.2 Å². The average molecular weight is 510 g/mol. The van der Waals surface area contributed by atoms with Gasteiger partial charge in [-0.2, -0.15) is 4.98 Å². The lowest BCUT2D eigenvalue weighted by Crippen LogP contribution is -2.31. The first-order chi connectivity index (χ1) is 17.5. The number of methoxy groups -OCH3 is 1. The molecule has 36 heavy (non-hydrogen) atoms. The number of nitrogens with zero attached hydrogens (tertiary/aromatic N) is 3. The van der Waals surface area contributed by atoms with Crippen LogP contribution in [-0.2, 0) is 4.79 Å². The Balaban J connectivity index is 1.80. The predicted octanol–water partition coefficient (Wildman–Crippen LogP) is 5.12. The number of anilines is 2. The van der Waals surface area contributed by atoms with Gasteiger partial charge in [-0.3, -0.25) is 4.79 Å². The number of rotatable bonds is 10. The first-order valence-corrected chi connectivity index (χ1v) is 12.9. The van der Waals surface area contributed by atoms with E-state index >= 15 is 0 Å². The standard InChI is InChI=1S/C26H31N5O4S/c1-6-34-19-12-10-9-11-18(19)28-24(32)22-16(4)27-25-29-26(36-8-3)30-31(25)23(22)17-13-14-20(33-5)21(15-17)35-7-2/h9-15,23H,6-8H2,1-5H3,(H,28,32)(H,27,29,30). The first-order valence-electron chi connectivity index (χ1n) is 11.9. The topological polar surface area (TPSA) is 99.5 Å². The molecule has 0 fully saturated rings. The van der Waals surface area contributed by atoms with Gasteiger partial charge in [-0.1, -0.05) is 36.9 Å². The molecule has 0 aliphatic carbocycles. The third-order valence-corrected chi connectivity index (χ3v) is 6.31. The average Bonchev–Trinajstić information content (AvgIpc) is 3.26. The van der Waals surface area contributed by atoms with Crippen LogP contribution in [0.3, 0.4) is 0 Å². The lowest BCUT2D eigenvalue weighted by Gasteiger charge is -2.29. The Hall–Kier alpha value is -3.66. The summed E-state index contributed by atoms with van der Waals surface area (Å²) in [5.41, 5.74) is 2.62. The van der Waals surface area contributed by atoms with E-state index in [-0.39, 0.29) is 5.91 Å². The van der Waals surface area contributed by atoms with E-state index in [4.69, 9.17) is 19.3 Å². The Kier molecular flexibility index (Phi) is 8.04. The summed E-state index contributed by atoms with van der Waals surface area (Å²) < 4.78 is 18.8. The van der Waals surface area contributed by atoms with E-state index in [0.717, 1.165) is 11.3 Å². The molecule has 1 aromatic heterocycles. The van der Waals surface area contributed by atoms with Crippen LogP contribution in [-0.4, -0.2) is 46.7 Å². The summed E-state index contributed by atoms with van der Waals surface area (Å²) in [7, 11) is 1.60. The van der Waals surface area contributed by atoms with Crippen molar-refractivity contribution in [3.8, 4) is 17.2 Å². The fourth-order valence-electron chi connectivity index (χ4n) is 4.10. The molecule has 1 amide bonds. The maximum absolute atomic E-state index is 13.8. The zero-order valence-electron chi connectivity index (χ0n) is 21.1. The van der Waals surface area contributed by atoms with Gasteiger partial charge in [0.2, 0.25) is 11.1 Å². The molecule has 10 heteroatoms. The number of aromatic nitrogens is 3. The fraction of sp³-hybridized carbons (Fsp3) is 0.346. The molecule has 1 unspecified atom stereocenters. The number of ether oxygens (including phenoxy) is 3. The monoisotopic (exact) mass is 509 g/mol. The number of benzene rings is 2. The quantitative estimate of drug-likeness (QED) is 0.363. The smallest absolute Gasteiger partial charge is 0.255 e. The molecular formula is C26H31N5O4S. The molecule has 0 saturated carbocycles. The molecular weight excluding hydrogens is 478 g/mol. The molecule has 1 aliphatic rings. The van der Waals surface area contributed by atoms with Gasteiger partial charge in [-0.15, -0.1) is 5.10 Å². The van der Waals surface area contributed by atoms with E-state index in [2.05, 4.69) is 15.6 Å². The number of nitrogens with one attached hydrogen (secondary N) is 2. The van der Waals surface area contributed by atoms with Crippen molar-refractivity contribution in [2.24, 2.45) is 0 Å². The second kappa shape index (κ2) is 11.4. The lowest BCUT2D eigenvalue weighted by atomic mass is 9.94. The molecule has 1 aliphatic heterocycles. The van der Waals surface area contributed by atoms with E-state index in [1.54, 1.807) is 23.6 Å². The summed E-state index contributed by atoms with van der Waals surface area (Å²) >= 11 is 1.54. The van der Waals surface area contributed by atoms with Crippen molar-refractivity contribution in [3.63, 3.8) is 0 Å². The Morgan fingerprint density at radius 1 is 1.08 bits per heavy atom. The molecule has 0 bridgehead atoms. The van der Waals surface area contributed by atoms with Gasteiger partial charge >= 0.3 is 0 Å². The van der Waals surface area contributed by atoms with Crippen LogP contribution in [0.1, 0.15) is 39.3 Å². The summed E-state index contributed by atoms with van der Waals surface area (Å²) in [6.07, 6.45) is 0. The number of carbonyl (C=O) groups is 1. The minimum atomic E-state index is -0.538. The predicted molar refractivity (Wildman–Crippen MR) is 141 cm³/mol. The van der Waals surface area contributed by atoms with Crippen molar-refractivity contribution in [1.29, 1.82) is 0 Å². The van der Waals surface area contributed by atoms with Crippen molar-refractivity contribution >= 4 is 29.3 Å². The van der Waals surface area contributed by atoms with Crippen molar-refractivity contribution in [2.75, 3.05) is 36.7 Å². The summed E-state index contributed by atoms with van der Waals surface area (Å²) in [5, 5.41) is 11.7. The molecule has 9 nitrogen and oxygen atoms in total. The minimum Gasteiger partial charge on any atom is -0.493 e. The molecule has 4 rings (SSSR count). The van der Waals surface area contributed by atoms with Crippen molar-refractivity contribution in [1.82, 2.24) is 14.8 Å². The van der Waals surface area contributed by atoms with Gasteiger partial charge < -0.3 is 24.8 Å². The fourth-order valence-corrected chi connectivity index (χ4v) is 4.65. The molecule has 3 aromatic rings. The Labute approximate surface area is 215 Å². The van der Waals surface area contributed by atoms with E-state index in [0.29, 0.717) is 58.5 Å². The first kappa shape index (κ1) is 25.4. The van der Waals surface area contributed by atoms with Crippen LogP contribution in [0, 0.1) is 0 Å². The number of para-hydroxylation sites is 2. The molecule has 2 N–H and O–H groups in total. The number of thioether (sulfide) groups is 1. The summed E-state index contributed by atoms with van der Waals surface area (Å²) in [6.45, 7) is 8.71. The number of hydrogen-bond donors (Lipinski definition) is 2. The SMILES string of the molecule is CCOc1ccccc1NC(=O)C1=C(C)Nc2nc(SCC)nn2C1c1ccc(OC)c(OCC)c1. The third kappa shape index (κ3) is 5.13. The highest BCUT2D eigenvalue weighted by molar-refractivity contribution is 7.99. The highest BCUT2D eigenvalue weighted by atomic mass is 32.2. The molecule has 0 spiro atoms. The molecule has 0 saturated heterocycles. The number of amides is 1. The number of allylic oxidation sites excluding steroid dienone is 1. The number of carbonyl (C=O) groups excluding carboxylic acids is 1. The van der Waals surface area contributed by atoms with E-state index in [1.807, 2.05) is 70.2 Å². The van der Waals surface area contributed by atoms with E-state index in [9.17, 15) is 4.79 Å². The van der Waals surface area contributed by atoms with Gasteiger partial charge in [0.25, 0.3) is 5.91 Å². The highest BCUT2D eigenvalue weighted by Gasteiger charge is 2.35. The second-order valence-electron chi connectivity index (χ2n) is 7.89. The Morgan fingerprint density at radius 3 is 2.56 bits per heavy atom. The van der Waals surface area contributed by atoms with Gasteiger partial charge in [0.1, 0.15) is 11.8 Å². The van der Waals surface area contributed by atoms with Gasteiger partial charge in [0.05, 0.1) is 31.6 Å². The summed E-state index contributed by atoms with van der Waals surface area (Å²) in [6, 6.07) is 12.5. The number of hydrogen-bond acceptors (Lipinski definition) is 8. The minimum absolute atomic E-state index is 0.267.